The number of halogens is 3. The smallest absolute Gasteiger partial charge is 0.320 e. The van der Waals surface area contributed by atoms with Crippen LogP contribution in [0.2, 0.25) is 0 Å². The van der Waals surface area contributed by atoms with Gasteiger partial charge in [-0.1, -0.05) is 37.8 Å². The third-order valence-electron chi connectivity index (χ3n) is 2.32. The molecular formula is C12H18F3N. The number of hydrogen-bond donors (Lipinski definition) is 1. The van der Waals surface area contributed by atoms with Crippen molar-refractivity contribution in [2.24, 2.45) is 5.92 Å². The second kappa shape index (κ2) is 6.53. The molecule has 1 unspecified atom stereocenters. The van der Waals surface area contributed by atoms with Gasteiger partial charge < -0.3 is 5.32 Å². The van der Waals surface area contributed by atoms with Gasteiger partial charge in [0.2, 0.25) is 0 Å². The molecule has 0 saturated heterocycles. The fourth-order valence-corrected chi connectivity index (χ4v) is 1.01. The number of allylic oxidation sites excluding steroid dienone is 4. The summed E-state index contributed by atoms with van der Waals surface area (Å²) in [6.07, 6.45) is -1.16. The van der Waals surface area contributed by atoms with Gasteiger partial charge in [-0.05, 0) is 25.9 Å². The van der Waals surface area contributed by atoms with Gasteiger partial charge in [-0.3, -0.25) is 0 Å². The molecule has 0 aromatic carbocycles. The summed E-state index contributed by atoms with van der Waals surface area (Å²) in [6, 6.07) is 0. The van der Waals surface area contributed by atoms with Crippen LogP contribution in [0.1, 0.15) is 13.3 Å². The Morgan fingerprint density at radius 2 is 1.88 bits per heavy atom. The molecule has 92 valence electrons. The molecule has 0 amide bonds. The molecule has 0 rings (SSSR count). The maximum atomic E-state index is 12.1. The van der Waals surface area contributed by atoms with E-state index in [1.807, 2.05) is 14.0 Å². The van der Waals surface area contributed by atoms with E-state index in [4.69, 9.17) is 0 Å². The topological polar surface area (TPSA) is 12.0 Å². The summed E-state index contributed by atoms with van der Waals surface area (Å²) in [5.74, 6) is 0.157. The molecule has 0 aromatic heterocycles. The highest BCUT2D eigenvalue weighted by molar-refractivity contribution is 5.28. The van der Waals surface area contributed by atoms with E-state index >= 15 is 0 Å². The minimum absolute atomic E-state index is 0.157. The van der Waals surface area contributed by atoms with Crippen LogP contribution in [0.3, 0.4) is 0 Å². The number of nitrogens with one attached hydrogen (secondary N) is 1. The Hall–Kier alpha value is -1.03. The van der Waals surface area contributed by atoms with E-state index in [0.717, 1.165) is 19.0 Å². The number of rotatable bonds is 6. The zero-order chi connectivity index (χ0) is 12.8. The van der Waals surface area contributed by atoms with Crippen LogP contribution in [-0.2, 0) is 0 Å². The van der Waals surface area contributed by atoms with E-state index in [2.05, 4.69) is 18.5 Å². The zero-order valence-corrected chi connectivity index (χ0v) is 9.69. The minimum Gasteiger partial charge on any atom is -0.320 e. The summed E-state index contributed by atoms with van der Waals surface area (Å²) in [5, 5.41) is 2.98. The Kier molecular flexibility index (Phi) is 6.11. The van der Waals surface area contributed by atoms with Gasteiger partial charge in [-0.2, -0.15) is 13.2 Å². The van der Waals surface area contributed by atoms with Crippen LogP contribution in [0, 0.1) is 5.92 Å². The highest BCUT2D eigenvalue weighted by atomic mass is 19.4. The maximum absolute atomic E-state index is 12.1. The van der Waals surface area contributed by atoms with Crippen molar-refractivity contribution in [2.75, 3.05) is 13.6 Å². The van der Waals surface area contributed by atoms with Crippen molar-refractivity contribution in [2.45, 2.75) is 19.5 Å². The highest BCUT2D eigenvalue weighted by Crippen LogP contribution is 2.25. The maximum Gasteiger partial charge on any atom is 0.415 e. The Morgan fingerprint density at radius 1 is 1.31 bits per heavy atom. The van der Waals surface area contributed by atoms with Crippen molar-refractivity contribution in [3.8, 4) is 0 Å². The molecule has 0 aliphatic heterocycles. The van der Waals surface area contributed by atoms with Gasteiger partial charge in [-0.25, -0.2) is 0 Å². The molecule has 0 heterocycles. The lowest BCUT2D eigenvalue weighted by molar-refractivity contribution is -0.0878. The van der Waals surface area contributed by atoms with Gasteiger partial charge in [0, 0.05) is 5.57 Å². The normalized spacial score (nSPS) is 14.1. The molecule has 1 N–H and O–H groups in total. The average Bonchev–Trinajstić information content (AvgIpc) is 2.20. The monoisotopic (exact) mass is 233 g/mol. The van der Waals surface area contributed by atoms with Crippen molar-refractivity contribution in [1.82, 2.24) is 5.32 Å². The molecular weight excluding hydrogens is 215 g/mol. The third kappa shape index (κ3) is 5.75. The zero-order valence-electron chi connectivity index (χ0n) is 9.69. The van der Waals surface area contributed by atoms with E-state index in [0.29, 0.717) is 5.57 Å². The first-order valence-corrected chi connectivity index (χ1v) is 5.06. The van der Waals surface area contributed by atoms with Crippen LogP contribution in [-0.4, -0.2) is 19.8 Å². The van der Waals surface area contributed by atoms with Gasteiger partial charge in [0.1, 0.15) is 0 Å². The number of alkyl halides is 3. The van der Waals surface area contributed by atoms with Gasteiger partial charge in [0.15, 0.2) is 0 Å². The van der Waals surface area contributed by atoms with Crippen molar-refractivity contribution in [3.63, 3.8) is 0 Å². The molecule has 1 nitrogen and oxygen atoms in total. The van der Waals surface area contributed by atoms with Gasteiger partial charge in [0.05, 0.1) is 0 Å². The molecule has 0 aliphatic carbocycles. The summed E-state index contributed by atoms with van der Waals surface area (Å²) in [6.45, 7) is 9.44. The summed E-state index contributed by atoms with van der Waals surface area (Å²) >= 11 is 0. The largest absolute Gasteiger partial charge is 0.415 e. The first kappa shape index (κ1) is 15.0. The second-order valence-electron chi connectivity index (χ2n) is 3.72. The summed E-state index contributed by atoms with van der Waals surface area (Å²) < 4.78 is 36.3. The highest BCUT2D eigenvalue weighted by Gasteiger charge is 2.29. The van der Waals surface area contributed by atoms with Crippen molar-refractivity contribution >= 4 is 0 Å². The van der Waals surface area contributed by atoms with E-state index in [-0.39, 0.29) is 5.92 Å². The summed E-state index contributed by atoms with van der Waals surface area (Å²) in [4.78, 5) is 0. The van der Waals surface area contributed by atoms with Crippen LogP contribution in [0.25, 0.3) is 0 Å². The van der Waals surface area contributed by atoms with Crippen LogP contribution >= 0.6 is 0 Å². The van der Waals surface area contributed by atoms with Crippen molar-refractivity contribution in [3.05, 3.63) is 36.5 Å². The fourth-order valence-electron chi connectivity index (χ4n) is 1.01. The molecule has 0 radical (unpaired) electrons. The van der Waals surface area contributed by atoms with E-state index in [1.165, 1.54) is 6.08 Å². The quantitative estimate of drug-likeness (QED) is 0.693. The SMILES string of the molecule is C=C(/C=C\C(=C)C(F)(F)F)C(C)CCNC. The van der Waals surface area contributed by atoms with Gasteiger partial charge in [-0.15, -0.1) is 0 Å². The third-order valence-corrected chi connectivity index (χ3v) is 2.32. The molecule has 0 bridgehead atoms. The standard InChI is InChI=1S/C12H18F3N/c1-9(10(2)7-8-16-4)5-6-11(3)12(13,14)15/h5-6,10,16H,1,3,7-8H2,2,4H3/b6-5-. The lowest BCUT2D eigenvalue weighted by Gasteiger charge is -2.11. The van der Waals surface area contributed by atoms with Crippen LogP contribution in [0.4, 0.5) is 13.2 Å². The first-order valence-electron chi connectivity index (χ1n) is 5.06. The molecule has 4 heteroatoms. The fraction of sp³-hybridized carbons (Fsp3) is 0.500. The van der Waals surface area contributed by atoms with E-state index in [9.17, 15) is 13.2 Å². The number of hydrogen-bond acceptors (Lipinski definition) is 1. The van der Waals surface area contributed by atoms with E-state index < -0.39 is 11.7 Å². The van der Waals surface area contributed by atoms with Crippen LogP contribution < -0.4 is 5.32 Å². The van der Waals surface area contributed by atoms with Crippen LogP contribution in [0.5, 0.6) is 0 Å². The lowest BCUT2D eigenvalue weighted by Crippen LogP contribution is -2.12. The molecule has 0 aromatic rings. The van der Waals surface area contributed by atoms with Gasteiger partial charge in [0.25, 0.3) is 0 Å². The second-order valence-corrected chi connectivity index (χ2v) is 3.72. The van der Waals surface area contributed by atoms with Crippen molar-refractivity contribution in [1.29, 1.82) is 0 Å². The van der Waals surface area contributed by atoms with Gasteiger partial charge >= 0.3 is 6.18 Å². The van der Waals surface area contributed by atoms with E-state index in [1.54, 1.807) is 0 Å². The minimum atomic E-state index is -4.36. The molecule has 16 heavy (non-hydrogen) atoms. The summed E-state index contributed by atoms with van der Waals surface area (Å²) in [7, 11) is 1.83. The van der Waals surface area contributed by atoms with Crippen molar-refractivity contribution < 1.29 is 13.2 Å². The molecule has 0 fully saturated rings. The lowest BCUT2D eigenvalue weighted by atomic mass is 9.98. The molecule has 0 aliphatic rings. The Bertz CT molecular complexity index is 276. The Balaban J connectivity index is 4.24. The Labute approximate surface area is 94.7 Å². The molecule has 0 spiro atoms. The Morgan fingerprint density at radius 3 is 2.31 bits per heavy atom. The predicted molar refractivity (Wildman–Crippen MR) is 61.2 cm³/mol. The van der Waals surface area contributed by atoms with Crippen LogP contribution in [0.15, 0.2) is 36.5 Å². The average molecular weight is 233 g/mol. The first-order chi connectivity index (χ1) is 7.29. The predicted octanol–water partition coefficient (Wildman–Crippen LogP) is 3.46. The summed E-state index contributed by atoms with van der Waals surface area (Å²) in [5.41, 5.74) is -0.171. The molecule has 1 atom stereocenters. The molecule has 0 saturated carbocycles.